The predicted octanol–water partition coefficient (Wildman–Crippen LogP) is 6.60. The Hall–Kier alpha value is -3.85. The normalized spacial score (nSPS) is 17.4. The number of fused-ring (bicyclic) bond motifs is 2. The van der Waals surface area contributed by atoms with Crippen LogP contribution >= 0.6 is 23.2 Å². The van der Waals surface area contributed by atoms with Crippen LogP contribution < -0.4 is 10.2 Å². The number of aromatic nitrogens is 1. The van der Waals surface area contributed by atoms with Crippen LogP contribution in [0.5, 0.6) is 0 Å². The van der Waals surface area contributed by atoms with Gasteiger partial charge in [0.15, 0.2) is 0 Å². The smallest absolute Gasteiger partial charge is 0.253 e. The zero-order valence-electron chi connectivity index (χ0n) is 27.6. The third-order valence-electron chi connectivity index (χ3n) is 9.68. The Morgan fingerprint density at radius 1 is 0.958 bits per heavy atom. The summed E-state index contributed by atoms with van der Waals surface area (Å²) in [5.74, 6) is 0.326. The number of anilines is 1. The van der Waals surface area contributed by atoms with E-state index < -0.39 is 6.04 Å². The zero-order valence-corrected chi connectivity index (χ0v) is 29.1. The molecule has 0 spiro atoms. The van der Waals surface area contributed by atoms with E-state index in [4.69, 9.17) is 23.2 Å². The molecule has 0 unspecified atom stereocenters. The highest BCUT2D eigenvalue weighted by Gasteiger charge is 2.34. The van der Waals surface area contributed by atoms with Crippen LogP contribution in [0.2, 0.25) is 10.0 Å². The number of hydrogen-bond donors (Lipinski definition) is 2. The maximum atomic E-state index is 14.5. The summed E-state index contributed by atoms with van der Waals surface area (Å²) in [5, 5.41) is 5.45. The molecule has 0 saturated carbocycles. The summed E-state index contributed by atoms with van der Waals surface area (Å²) >= 11 is 12.4. The van der Waals surface area contributed by atoms with Crippen LogP contribution in [0, 0.1) is 11.8 Å². The molecular weight excluding hydrogens is 645 g/mol. The number of amides is 3. The highest BCUT2D eigenvalue weighted by molar-refractivity contribution is 6.31. The number of carbonyl (C=O) groups excluding carboxylic acids is 3. The molecule has 8 nitrogen and oxygen atoms in total. The van der Waals surface area contributed by atoms with Crippen LogP contribution in [0.3, 0.4) is 0 Å². The quantitative estimate of drug-likeness (QED) is 0.197. The minimum Gasteiger partial charge on any atom is -0.361 e. The fourth-order valence-electron chi connectivity index (χ4n) is 7.27. The highest BCUT2D eigenvalue weighted by atomic mass is 35.5. The summed E-state index contributed by atoms with van der Waals surface area (Å²) in [6, 6.07) is 20.0. The standard InChI is InChI=1S/C38H43Cl2N5O3/c1-43(2)23-26-19-28-20-31(40)12-13-35(28)45(24-26)38(48)34(21-29-22-41-33-6-4-3-5-32(29)33)42-36(46)14-7-25-15-17-44(18-16-25)37(47)27-8-10-30(39)11-9-27/h3-6,8-13,20,22,25-26,34,41H,7,14-19,21,23-24H2,1-2H3,(H,42,46)/t26-,34-/m1/s1. The summed E-state index contributed by atoms with van der Waals surface area (Å²) < 4.78 is 0. The molecular formula is C38H43Cl2N5O3. The molecule has 1 fully saturated rings. The maximum absolute atomic E-state index is 14.5. The van der Waals surface area contributed by atoms with Gasteiger partial charge in [-0.3, -0.25) is 14.4 Å². The zero-order chi connectivity index (χ0) is 33.8. The molecule has 3 amide bonds. The molecule has 3 aromatic carbocycles. The third-order valence-corrected chi connectivity index (χ3v) is 10.2. The molecule has 48 heavy (non-hydrogen) atoms. The molecule has 0 radical (unpaired) electrons. The van der Waals surface area contributed by atoms with E-state index in [1.54, 1.807) is 24.3 Å². The summed E-state index contributed by atoms with van der Waals surface area (Å²) in [7, 11) is 4.09. The Bertz CT molecular complexity index is 1760. The van der Waals surface area contributed by atoms with Crippen molar-refractivity contribution >= 4 is 57.5 Å². The molecule has 2 aliphatic heterocycles. The first-order chi connectivity index (χ1) is 23.1. The second kappa shape index (κ2) is 15.1. The summed E-state index contributed by atoms with van der Waals surface area (Å²) in [6.07, 6.45) is 5.85. The van der Waals surface area contributed by atoms with Crippen LogP contribution in [-0.4, -0.2) is 78.8 Å². The lowest BCUT2D eigenvalue weighted by Crippen LogP contribution is -2.53. The second-order valence-electron chi connectivity index (χ2n) is 13.5. The average Bonchev–Trinajstić information content (AvgIpc) is 3.49. The van der Waals surface area contributed by atoms with E-state index in [1.165, 1.54) is 0 Å². The second-order valence-corrected chi connectivity index (χ2v) is 14.4. The van der Waals surface area contributed by atoms with Crippen molar-refractivity contribution in [2.75, 3.05) is 45.2 Å². The van der Waals surface area contributed by atoms with Gasteiger partial charge in [0.2, 0.25) is 11.8 Å². The van der Waals surface area contributed by atoms with Gasteiger partial charge in [0.05, 0.1) is 0 Å². The van der Waals surface area contributed by atoms with Gasteiger partial charge in [0.1, 0.15) is 6.04 Å². The van der Waals surface area contributed by atoms with Crippen molar-refractivity contribution < 1.29 is 14.4 Å². The van der Waals surface area contributed by atoms with Crippen molar-refractivity contribution in [1.29, 1.82) is 0 Å². The number of carbonyl (C=O) groups is 3. The van der Waals surface area contributed by atoms with Gasteiger partial charge in [0, 0.05) is 77.4 Å². The van der Waals surface area contributed by atoms with Crippen molar-refractivity contribution in [1.82, 2.24) is 20.1 Å². The lowest BCUT2D eigenvalue weighted by molar-refractivity contribution is -0.127. The van der Waals surface area contributed by atoms with Crippen molar-refractivity contribution in [2.24, 2.45) is 11.8 Å². The summed E-state index contributed by atoms with van der Waals surface area (Å²) in [6.45, 7) is 2.71. The van der Waals surface area contributed by atoms with E-state index in [-0.39, 0.29) is 23.6 Å². The van der Waals surface area contributed by atoms with E-state index in [1.807, 2.05) is 72.6 Å². The minimum atomic E-state index is -0.739. The molecule has 6 rings (SSSR count). The molecule has 0 bridgehead atoms. The molecule has 1 saturated heterocycles. The first kappa shape index (κ1) is 34.0. The molecule has 1 aromatic heterocycles. The van der Waals surface area contributed by atoms with Crippen LogP contribution in [0.1, 0.15) is 47.2 Å². The Morgan fingerprint density at radius 3 is 2.44 bits per heavy atom. The van der Waals surface area contributed by atoms with E-state index in [2.05, 4.69) is 15.2 Å². The Kier molecular flexibility index (Phi) is 10.7. The lowest BCUT2D eigenvalue weighted by Gasteiger charge is -2.37. The number of piperidine rings is 1. The Labute approximate surface area is 292 Å². The minimum absolute atomic E-state index is 0.0101. The number of aromatic amines is 1. The molecule has 10 heteroatoms. The van der Waals surface area contributed by atoms with E-state index in [0.717, 1.165) is 53.5 Å². The number of para-hydroxylation sites is 1. The number of nitrogens with zero attached hydrogens (tertiary/aromatic N) is 3. The van der Waals surface area contributed by atoms with Gasteiger partial charge in [-0.1, -0.05) is 41.4 Å². The molecule has 2 aliphatic rings. The van der Waals surface area contributed by atoms with Gasteiger partial charge in [-0.05, 0) is 111 Å². The van der Waals surface area contributed by atoms with Gasteiger partial charge < -0.3 is 25.0 Å². The fourth-order valence-corrected chi connectivity index (χ4v) is 7.59. The number of likely N-dealkylation sites (tertiary alicyclic amines) is 1. The molecule has 2 N–H and O–H groups in total. The average molecular weight is 689 g/mol. The molecule has 4 aromatic rings. The molecule has 3 heterocycles. The van der Waals surface area contributed by atoms with Crippen LogP contribution in [0.4, 0.5) is 5.69 Å². The SMILES string of the molecule is CN(C)C[C@H]1Cc2cc(Cl)ccc2N(C(=O)[C@@H](Cc2c[nH]c3ccccc23)NC(=O)CCC2CCN(C(=O)c3ccc(Cl)cc3)CC2)C1. The van der Waals surface area contributed by atoms with Gasteiger partial charge in [-0.15, -0.1) is 0 Å². The van der Waals surface area contributed by atoms with Crippen molar-refractivity contribution in [3.63, 3.8) is 0 Å². The number of H-pyrrole nitrogens is 1. The summed E-state index contributed by atoms with van der Waals surface area (Å²) in [5.41, 5.74) is 4.52. The van der Waals surface area contributed by atoms with Crippen LogP contribution in [0.15, 0.2) is 72.9 Å². The van der Waals surface area contributed by atoms with Crippen molar-refractivity contribution in [3.05, 3.63) is 99.7 Å². The third kappa shape index (κ3) is 8.05. The van der Waals surface area contributed by atoms with E-state index in [9.17, 15) is 14.4 Å². The van der Waals surface area contributed by atoms with Crippen LogP contribution in [0.25, 0.3) is 10.9 Å². The van der Waals surface area contributed by atoms with Gasteiger partial charge in [-0.2, -0.15) is 0 Å². The number of nitrogens with one attached hydrogen (secondary N) is 2. The topological polar surface area (TPSA) is 88.8 Å². The number of hydrogen-bond acceptors (Lipinski definition) is 4. The van der Waals surface area contributed by atoms with Crippen molar-refractivity contribution in [2.45, 2.75) is 44.6 Å². The molecule has 252 valence electrons. The number of benzene rings is 3. The predicted molar refractivity (Wildman–Crippen MR) is 193 cm³/mol. The van der Waals surface area contributed by atoms with Crippen molar-refractivity contribution in [3.8, 4) is 0 Å². The Morgan fingerprint density at radius 2 is 1.69 bits per heavy atom. The monoisotopic (exact) mass is 687 g/mol. The number of halogens is 2. The molecule has 2 atom stereocenters. The summed E-state index contributed by atoms with van der Waals surface area (Å²) in [4.78, 5) is 50.2. The van der Waals surface area contributed by atoms with E-state index in [0.29, 0.717) is 60.4 Å². The van der Waals surface area contributed by atoms with E-state index >= 15 is 0 Å². The fraction of sp³-hybridized carbons (Fsp3) is 0.395. The Balaban J connectivity index is 1.14. The van der Waals surface area contributed by atoms with Gasteiger partial charge in [-0.25, -0.2) is 0 Å². The first-order valence-electron chi connectivity index (χ1n) is 16.8. The maximum Gasteiger partial charge on any atom is 0.253 e. The largest absolute Gasteiger partial charge is 0.361 e. The van der Waals surface area contributed by atoms with Crippen LogP contribution in [-0.2, 0) is 22.4 Å². The van der Waals surface area contributed by atoms with Gasteiger partial charge in [0.25, 0.3) is 5.91 Å². The first-order valence-corrected chi connectivity index (χ1v) is 17.5. The molecule has 0 aliphatic carbocycles. The highest BCUT2D eigenvalue weighted by Crippen LogP contribution is 2.33. The lowest BCUT2D eigenvalue weighted by atomic mass is 9.90. The van der Waals surface area contributed by atoms with Gasteiger partial charge >= 0.3 is 0 Å². The number of rotatable bonds is 10.